The molecule has 4 heterocycles. The van der Waals surface area contributed by atoms with Crippen LogP contribution in [0.5, 0.6) is 5.75 Å². The van der Waals surface area contributed by atoms with Gasteiger partial charge in [0.1, 0.15) is 31.3 Å². The Balaban J connectivity index is 1.27. The van der Waals surface area contributed by atoms with Crippen molar-refractivity contribution in [3.8, 4) is 5.75 Å². The van der Waals surface area contributed by atoms with Gasteiger partial charge in [0.15, 0.2) is 6.10 Å². The van der Waals surface area contributed by atoms with Gasteiger partial charge in [0, 0.05) is 23.6 Å². The molecule has 1 amide bonds. The van der Waals surface area contributed by atoms with Gasteiger partial charge < -0.3 is 14.0 Å². The first-order valence-electron chi connectivity index (χ1n) is 12.0. The quantitative estimate of drug-likeness (QED) is 0.327. The fourth-order valence-electron chi connectivity index (χ4n) is 5.25. The van der Waals surface area contributed by atoms with E-state index < -0.39 is 11.9 Å². The molecule has 1 unspecified atom stereocenters. The van der Waals surface area contributed by atoms with E-state index in [-0.39, 0.29) is 18.3 Å². The standard InChI is InChI=1S/C27H29ClFN2O3S/c28-26-11-10-22(35-26)18-30(24-9-5-4-8-23(24)29)27(32)34-25-19-31(14-12-20(25)13-15-31)16-17-33-21-6-2-1-3-7-21/h1-11,20,25H,12-19H2/q+1. The van der Waals surface area contributed by atoms with Crippen LogP contribution in [0.1, 0.15) is 17.7 Å². The van der Waals surface area contributed by atoms with Crippen LogP contribution < -0.4 is 9.64 Å². The number of quaternary nitrogens is 1. The molecule has 35 heavy (non-hydrogen) atoms. The van der Waals surface area contributed by atoms with Crippen LogP contribution in [0.15, 0.2) is 66.7 Å². The lowest BCUT2D eigenvalue weighted by atomic mass is 9.83. The molecule has 3 aliphatic heterocycles. The number of para-hydroxylation sites is 2. The maximum absolute atomic E-state index is 14.7. The minimum atomic E-state index is -0.517. The number of anilines is 1. The predicted octanol–water partition coefficient (Wildman–Crippen LogP) is 6.37. The number of carbonyl (C=O) groups excluding carboxylic acids is 1. The molecule has 184 valence electrons. The van der Waals surface area contributed by atoms with Gasteiger partial charge in [0.25, 0.3) is 0 Å². The van der Waals surface area contributed by atoms with Crippen molar-refractivity contribution in [1.82, 2.24) is 0 Å². The van der Waals surface area contributed by atoms with Crippen molar-refractivity contribution in [2.45, 2.75) is 25.5 Å². The molecule has 5 nitrogen and oxygen atoms in total. The number of fused-ring (bicyclic) bond motifs is 3. The van der Waals surface area contributed by atoms with E-state index in [9.17, 15) is 9.18 Å². The van der Waals surface area contributed by atoms with E-state index in [0.717, 1.165) is 54.1 Å². The fourth-order valence-corrected chi connectivity index (χ4v) is 6.32. The lowest BCUT2D eigenvalue weighted by Crippen LogP contribution is -2.65. The zero-order chi connectivity index (χ0) is 24.3. The summed E-state index contributed by atoms with van der Waals surface area (Å²) in [4.78, 5) is 15.7. The van der Waals surface area contributed by atoms with E-state index >= 15 is 0 Å². The first-order valence-corrected chi connectivity index (χ1v) is 13.2. The summed E-state index contributed by atoms with van der Waals surface area (Å²) in [6.45, 7) is 4.61. The number of nitrogens with zero attached hydrogens (tertiary/aromatic N) is 2. The molecule has 3 aromatic rings. The molecule has 3 saturated heterocycles. The number of amides is 1. The number of ether oxygens (including phenoxy) is 2. The van der Waals surface area contributed by atoms with E-state index in [4.69, 9.17) is 21.1 Å². The summed E-state index contributed by atoms with van der Waals surface area (Å²) in [6, 6.07) is 19.8. The Bertz CT molecular complexity index is 1150. The second-order valence-corrected chi connectivity index (χ2v) is 11.2. The summed E-state index contributed by atoms with van der Waals surface area (Å²) in [6.07, 6.45) is 1.33. The lowest BCUT2D eigenvalue weighted by molar-refractivity contribution is -0.946. The Morgan fingerprint density at radius 2 is 1.80 bits per heavy atom. The summed E-state index contributed by atoms with van der Waals surface area (Å²) in [5.41, 5.74) is 0.212. The van der Waals surface area contributed by atoms with Crippen molar-refractivity contribution < 1.29 is 23.1 Å². The van der Waals surface area contributed by atoms with E-state index in [1.165, 1.54) is 22.3 Å². The molecular formula is C27H29ClFN2O3S+. The molecule has 2 bridgehead atoms. The molecule has 0 aliphatic carbocycles. The molecule has 8 heteroatoms. The molecular weight excluding hydrogens is 487 g/mol. The summed E-state index contributed by atoms with van der Waals surface area (Å²) in [7, 11) is 0. The molecule has 6 rings (SSSR count). The van der Waals surface area contributed by atoms with Crippen molar-refractivity contribution in [3.05, 3.63) is 81.8 Å². The first-order chi connectivity index (χ1) is 17.0. The largest absolute Gasteiger partial charge is 0.488 e. The van der Waals surface area contributed by atoms with Gasteiger partial charge in [-0.25, -0.2) is 9.18 Å². The van der Waals surface area contributed by atoms with E-state index in [0.29, 0.717) is 16.9 Å². The van der Waals surface area contributed by atoms with Gasteiger partial charge in [-0.05, 0) is 36.4 Å². The van der Waals surface area contributed by atoms with E-state index in [1.54, 1.807) is 24.3 Å². The SMILES string of the molecule is O=C(OC1C[N+]2(CCOc3ccccc3)CCC1CC2)N(Cc1ccc(Cl)s1)c1ccccc1F. The van der Waals surface area contributed by atoms with Gasteiger partial charge in [-0.1, -0.05) is 41.9 Å². The molecule has 0 radical (unpaired) electrons. The highest BCUT2D eigenvalue weighted by molar-refractivity contribution is 7.16. The predicted molar refractivity (Wildman–Crippen MR) is 137 cm³/mol. The molecule has 3 aliphatic rings. The zero-order valence-electron chi connectivity index (χ0n) is 19.4. The van der Waals surface area contributed by atoms with Crippen molar-refractivity contribution in [3.63, 3.8) is 0 Å². The average molecular weight is 516 g/mol. The number of piperidine rings is 3. The third-order valence-corrected chi connectivity index (χ3v) is 8.39. The minimum Gasteiger partial charge on any atom is -0.488 e. The highest BCUT2D eigenvalue weighted by Crippen LogP contribution is 2.36. The van der Waals surface area contributed by atoms with Gasteiger partial charge >= 0.3 is 6.09 Å². The van der Waals surface area contributed by atoms with Crippen LogP contribution in [0, 0.1) is 11.7 Å². The topological polar surface area (TPSA) is 38.8 Å². The van der Waals surface area contributed by atoms with Crippen LogP contribution in [0.2, 0.25) is 4.34 Å². The van der Waals surface area contributed by atoms with Gasteiger partial charge in [0.2, 0.25) is 0 Å². The van der Waals surface area contributed by atoms with Crippen molar-refractivity contribution in [2.24, 2.45) is 5.92 Å². The smallest absolute Gasteiger partial charge is 0.415 e. The van der Waals surface area contributed by atoms with Crippen LogP contribution in [0.3, 0.4) is 0 Å². The Kier molecular flexibility index (Phi) is 7.27. The Hall–Kier alpha value is -2.61. The van der Waals surface area contributed by atoms with Gasteiger partial charge in [-0.2, -0.15) is 0 Å². The Labute approximate surface area is 214 Å². The second-order valence-electron chi connectivity index (χ2n) is 9.36. The van der Waals surface area contributed by atoms with Gasteiger partial charge in [0.05, 0.1) is 29.7 Å². The number of benzene rings is 2. The normalized spacial score (nSPS) is 23.1. The number of hydrogen-bond donors (Lipinski definition) is 0. The molecule has 1 atom stereocenters. The third kappa shape index (κ3) is 5.63. The van der Waals surface area contributed by atoms with Crippen LogP contribution in [-0.2, 0) is 11.3 Å². The van der Waals surface area contributed by atoms with E-state index in [1.807, 2.05) is 36.4 Å². The lowest BCUT2D eigenvalue weighted by Gasteiger charge is -2.52. The van der Waals surface area contributed by atoms with Crippen LogP contribution in [-0.4, -0.2) is 49.5 Å². The molecule has 0 saturated carbocycles. The monoisotopic (exact) mass is 515 g/mol. The summed E-state index contributed by atoms with van der Waals surface area (Å²) in [5, 5.41) is 0. The average Bonchev–Trinajstić information content (AvgIpc) is 3.29. The van der Waals surface area contributed by atoms with Gasteiger partial charge in [-0.15, -0.1) is 11.3 Å². The molecule has 0 N–H and O–H groups in total. The third-order valence-electron chi connectivity index (χ3n) is 7.18. The maximum Gasteiger partial charge on any atom is 0.415 e. The Morgan fingerprint density at radius 3 is 2.51 bits per heavy atom. The summed E-state index contributed by atoms with van der Waals surface area (Å²) < 4.78 is 28.3. The maximum atomic E-state index is 14.7. The minimum absolute atomic E-state index is 0.192. The molecule has 0 spiro atoms. The summed E-state index contributed by atoms with van der Waals surface area (Å²) >= 11 is 7.47. The first kappa shape index (κ1) is 24.1. The highest BCUT2D eigenvalue weighted by atomic mass is 35.5. The van der Waals surface area contributed by atoms with Crippen molar-refractivity contribution in [1.29, 1.82) is 0 Å². The van der Waals surface area contributed by atoms with Gasteiger partial charge in [-0.3, -0.25) is 4.90 Å². The van der Waals surface area contributed by atoms with Crippen LogP contribution in [0.25, 0.3) is 0 Å². The number of thiophene rings is 1. The van der Waals surface area contributed by atoms with E-state index in [2.05, 4.69) is 0 Å². The van der Waals surface area contributed by atoms with Crippen molar-refractivity contribution in [2.75, 3.05) is 37.7 Å². The molecule has 2 aromatic carbocycles. The Morgan fingerprint density at radius 1 is 1.06 bits per heavy atom. The van der Waals surface area contributed by atoms with Crippen molar-refractivity contribution >= 4 is 34.7 Å². The van der Waals surface area contributed by atoms with Crippen LogP contribution >= 0.6 is 22.9 Å². The highest BCUT2D eigenvalue weighted by Gasteiger charge is 2.48. The molecule has 1 aromatic heterocycles. The summed E-state index contributed by atoms with van der Waals surface area (Å²) in [5.74, 6) is 0.755. The molecule has 3 fully saturated rings. The number of halogens is 2. The second kappa shape index (κ2) is 10.6. The number of rotatable bonds is 8. The number of carbonyl (C=O) groups is 1. The zero-order valence-corrected chi connectivity index (χ0v) is 21.0. The van der Waals surface area contributed by atoms with Crippen LogP contribution in [0.4, 0.5) is 14.9 Å². The number of hydrogen-bond acceptors (Lipinski definition) is 4. The fraction of sp³-hybridized carbons (Fsp3) is 0.370.